The van der Waals surface area contributed by atoms with Crippen LogP contribution in [0.2, 0.25) is 0 Å². The van der Waals surface area contributed by atoms with Gasteiger partial charge in [-0.05, 0) is 42.5 Å². The maximum atomic E-state index is 13.3. The number of para-hydroxylation sites is 1. The largest absolute Gasteiger partial charge is 0.497 e. The lowest BCUT2D eigenvalue weighted by molar-refractivity contribution is 0.103. The first-order valence-electron chi connectivity index (χ1n) is 8.60. The molecule has 5 heteroatoms. The summed E-state index contributed by atoms with van der Waals surface area (Å²) < 4.78 is 7.11. The molecule has 0 amide bonds. The summed E-state index contributed by atoms with van der Waals surface area (Å²) in [4.78, 5) is 22.8. The van der Waals surface area contributed by atoms with Gasteiger partial charge in [0.05, 0.1) is 12.6 Å². The van der Waals surface area contributed by atoms with E-state index in [4.69, 9.17) is 14.7 Å². The molecule has 5 aromatic rings. The molecular weight excluding hydrogens is 338 g/mol. The van der Waals surface area contributed by atoms with Crippen LogP contribution in [0.4, 0.5) is 0 Å². The molecule has 2 aromatic carbocycles. The maximum Gasteiger partial charge on any atom is 0.213 e. The van der Waals surface area contributed by atoms with Crippen molar-refractivity contribution in [2.24, 2.45) is 0 Å². The number of imidazole rings is 1. The molecule has 0 spiro atoms. The number of carbonyl (C=O) groups is 1. The average Bonchev–Trinajstić information content (AvgIpc) is 3.13. The summed E-state index contributed by atoms with van der Waals surface area (Å²) in [5.74, 6) is 0.567. The van der Waals surface area contributed by atoms with Crippen molar-refractivity contribution in [3.63, 3.8) is 0 Å². The summed E-state index contributed by atoms with van der Waals surface area (Å²) in [7, 11) is 1.60. The molecule has 27 heavy (non-hydrogen) atoms. The van der Waals surface area contributed by atoms with E-state index >= 15 is 0 Å². The summed E-state index contributed by atoms with van der Waals surface area (Å²) >= 11 is 0. The van der Waals surface area contributed by atoms with Gasteiger partial charge in [0.2, 0.25) is 5.78 Å². The van der Waals surface area contributed by atoms with Gasteiger partial charge in [-0.25, -0.2) is 9.97 Å². The van der Waals surface area contributed by atoms with E-state index in [9.17, 15) is 4.79 Å². The summed E-state index contributed by atoms with van der Waals surface area (Å²) in [5.41, 5.74) is 4.01. The molecule has 130 valence electrons. The number of benzene rings is 2. The fourth-order valence-electron chi connectivity index (χ4n) is 3.39. The molecule has 5 rings (SSSR count). The predicted molar refractivity (Wildman–Crippen MR) is 104 cm³/mol. The van der Waals surface area contributed by atoms with Crippen molar-refractivity contribution in [1.82, 2.24) is 14.4 Å². The quantitative estimate of drug-likeness (QED) is 0.454. The Morgan fingerprint density at radius 3 is 2.52 bits per heavy atom. The Balaban J connectivity index is 1.85. The second-order valence-electron chi connectivity index (χ2n) is 6.27. The van der Waals surface area contributed by atoms with Crippen molar-refractivity contribution in [2.45, 2.75) is 0 Å². The lowest BCUT2D eigenvalue weighted by Gasteiger charge is -2.07. The number of hydrogen-bond donors (Lipinski definition) is 0. The van der Waals surface area contributed by atoms with Crippen LogP contribution < -0.4 is 4.74 Å². The highest BCUT2D eigenvalue weighted by molar-refractivity contribution is 6.18. The second kappa shape index (κ2) is 5.92. The van der Waals surface area contributed by atoms with Gasteiger partial charge < -0.3 is 4.74 Å². The summed E-state index contributed by atoms with van der Waals surface area (Å²) in [6.45, 7) is 0. The highest BCUT2D eigenvalue weighted by Crippen LogP contribution is 2.28. The second-order valence-corrected chi connectivity index (χ2v) is 6.27. The van der Waals surface area contributed by atoms with Gasteiger partial charge in [0.1, 0.15) is 28.1 Å². The Kier molecular flexibility index (Phi) is 3.40. The fraction of sp³-hybridized carbons (Fsp3) is 0.0455. The monoisotopic (exact) mass is 353 g/mol. The van der Waals surface area contributed by atoms with E-state index in [1.807, 2.05) is 53.1 Å². The number of carbonyl (C=O) groups excluding carboxylic acids is 1. The zero-order valence-electron chi connectivity index (χ0n) is 14.6. The van der Waals surface area contributed by atoms with E-state index in [1.165, 1.54) is 0 Å². The van der Waals surface area contributed by atoms with Crippen LogP contribution in [0.3, 0.4) is 0 Å². The highest BCUT2D eigenvalue weighted by atomic mass is 16.5. The van der Waals surface area contributed by atoms with Crippen molar-refractivity contribution < 1.29 is 9.53 Å². The fourth-order valence-corrected chi connectivity index (χ4v) is 3.39. The zero-order valence-corrected chi connectivity index (χ0v) is 14.6. The zero-order chi connectivity index (χ0) is 18.4. The SMILES string of the molecule is COc1ccc(C(=O)c2nc3ccccc3c3nc4ccccn4c23)cc1. The van der Waals surface area contributed by atoms with Crippen molar-refractivity contribution >= 4 is 33.4 Å². The van der Waals surface area contributed by atoms with Crippen molar-refractivity contribution in [3.8, 4) is 5.75 Å². The molecule has 3 aromatic heterocycles. The number of methoxy groups -OCH3 is 1. The number of pyridine rings is 2. The third kappa shape index (κ3) is 2.36. The standard InChI is InChI=1S/C22H15N3O2/c1-27-15-11-9-14(10-12-15)22(26)20-21-19(16-6-2-3-7-17(16)23-20)24-18-8-4-5-13-25(18)21/h2-13H,1H3. The van der Waals surface area contributed by atoms with E-state index < -0.39 is 0 Å². The van der Waals surface area contributed by atoms with Gasteiger partial charge >= 0.3 is 0 Å². The molecule has 0 fully saturated rings. The highest BCUT2D eigenvalue weighted by Gasteiger charge is 2.20. The molecule has 0 aliphatic heterocycles. The summed E-state index contributed by atoms with van der Waals surface area (Å²) in [6.07, 6.45) is 1.91. The molecule has 0 saturated heterocycles. The summed E-state index contributed by atoms with van der Waals surface area (Å²) in [5, 5.41) is 0.933. The maximum absolute atomic E-state index is 13.3. The number of hydrogen-bond acceptors (Lipinski definition) is 4. The first-order chi connectivity index (χ1) is 13.3. The first kappa shape index (κ1) is 15.5. The van der Waals surface area contributed by atoms with Gasteiger partial charge in [-0.1, -0.05) is 24.3 Å². The first-order valence-corrected chi connectivity index (χ1v) is 8.60. The molecule has 0 bridgehead atoms. The topological polar surface area (TPSA) is 56.5 Å². The smallest absolute Gasteiger partial charge is 0.213 e. The van der Waals surface area contributed by atoms with Crippen LogP contribution in [-0.4, -0.2) is 27.3 Å². The van der Waals surface area contributed by atoms with Gasteiger partial charge in [-0.15, -0.1) is 0 Å². The van der Waals surface area contributed by atoms with E-state index in [2.05, 4.69) is 0 Å². The molecular formula is C22H15N3O2. The van der Waals surface area contributed by atoms with Gasteiger partial charge in [0, 0.05) is 17.1 Å². The number of aromatic nitrogens is 3. The van der Waals surface area contributed by atoms with E-state index in [1.54, 1.807) is 31.4 Å². The molecule has 0 atom stereocenters. The van der Waals surface area contributed by atoms with Gasteiger partial charge in [0.25, 0.3) is 0 Å². The van der Waals surface area contributed by atoms with Crippen molar-refractivity contribution in [3.05, 3.63) is 84.2 Å². The van der Waals surface area contributed by atoms with Crippen molar-refractivity contribution in [1.29, 1.82) is 0 Å². The minimum atomic E-state index is -0.140. The van der Waals surface area contributed by atoms with Gasteiger partial charge in [-0.2, -0.15) is 0 Å². The Labute approximate surface area is 154 Å². The van der Waals surface area contributed by atoms with E-state index in [0.29, 0.717) is 17.0 Å². The Morgan fingerprint density at radius 1 is 0.926 bits per heavy atom. The molecule has 0 aliphatic rings. The molecule has 3 heterocycles. The number of ketones is 1. The number of fused-ring (bicyclic) bond motifs is 5. The van der Waals surface area contributed by atoms with Crippen LogP contribution >= 0.6 is 0 Å². The Morgan fingerprint density at radius 2 is 1.70 bits per heavy atom. The van der Waals surface area contributed by atoms with Crippen LogP contribution in [0.15, 0.2) is 72.9 Å². The van der Waals surface area contributed by atoms with Gasteiger partial charge in [-0.3, -0.25) is 9.20 Å². The minimum absolute atomic E-state index is 0.140. The number of ether oxygens (including phenoxy) is 1. The molecule has 0 unspecified atom stereocenters. The Hall–Kier alpha value is -3.73. The Bertz CT molecular complexity index is 1320. The lowest BCUT2D eigenvalue weighted by Crippen LogP contribution is -2.07. The van der Waals surface area contributed by atoms with Gasteiger partial charge in [0.15, 0.2) is 0 Å². The van der Waals surface area contributed by atoms with Crippen LogP contribution in [-0.2, 0) is 0 Å². The number of rotatable bonds is 3. The van der Waals surface area contributed by atoms with Crippen LogP contribution in [0.1, 0.15) is 16.1 Å². The van der Waals surface area contributed by atoms with Crippen LogP contribution in [0.5, 0.6) is 5.75 Å². The molecule has 0 aliphatic carbocycles. The van der Waals surface area contributed by atoms with Crippen LogP contribution in [0, 0.1) is 0 Å². The molecule has 0 saturated carbocycles. The predicted octanol–water partition coefficient (Wildman–Crippen LogP) is 4.28. The summed E-state index contributed by atoms with van der Waals surface area (Å²) in [6, 6.07) is 20.6. The minimum Gasteiger partial charge on any atom is -0.497 e. The third-order valence-corrected chi connectivity index (χ3v) is 4.71. The normalized spacial score (nSPS) is 11.3. The lowest BCUT2D eigenvalue weighted by atomic mass is 10.0. The van der Waals surface area contributed by atoms with E-state index in [0.717, 1.165) is 27.6 Å². The molecule has 0 radical (unpaired) electrons. The molecule has 0 N–H and O–H groups in total. The molecule has 5 nitrogen and oxygen atoms in total. The average molecular weight is 353 g/mol. The number of nitrogens with zero attached hydrogens (tertiary/aromatic N) is 3. The van der Waals surface area contributed by atoms with E-state index in [-0.39, 0.29) is 5.78 Å². The van der Waals surface area contributed by atoms with Crippen molar-refractivity contribution in [2.75, 3.05) is 7.11 Å². The third-order valence-electron chi connectivity index (χ3n) is 4.71. The van der Waals surface area contributed by atoms with Crippen LogP contribution in [0.25, 0.3) is 27.6 Å².